The van der Waals surface area contributed by atoms with Crippen LogP contribution >= 0.6 is 11.6 Å². The summed E-state index contributed by atoms with van der Waals surface area (Å²) in [6.07, 6.45) is 3.66. The number of aromatic carboxylic acids is 1. The quantitative estimate of drug-likeness (QED) is 0.137. The Morgan fingerprint density at radius 2 is 1.80 bits per heavy atom. The number of ether oxygens (including phenoxy) is 1. The molecule has 2 aliphatic heterocycles. The second kappa shape index (κ2) is 13.7. The number of piperidine rings is 1. The van der Waals surface area contributed by atoms with E-state index in [0.29, 0.717) is 28.2 Å². The van der Waals surface area contributed by atoms with Crippen molar-refractivity contribution < 1.29 is 32.6 Å². The lowest BCUT2D eigenvalue weighted by Crippen LogP contribution is -2.45. The van der Waals surface area contributed by atoms with Gasteiger partial charge in [-0.1, -0.05) is 67.1 Å². The van der Waals surface area contributed by atoms with Crippen molar-refractivity contribution in [1.29, 1.82) is 5.41 Å². The van der Waals surface area contributed by atoms with Crippen molar-refractivity contribution in [3.05, 3.63) is 99.3 Å². The highest BCUT2D eigenvalue weighted by Gasteiger charge is 2.44. The van der Waals surface area contributed by atoms with Gasteiger partial charge >= 0.3 is 18.2 Å². The van der Waals surface area contributed by atoms with Crippen LogP contribution in [0.2, 0.25) is 5.02 Å². The number of benzene rings is 2. The minimum absolute atomic E-state index is 0.0771. The van der Waals surface area contributed by atoms with Gasteiger partial charge in [0.15, 0.2) is 5.69 Å². The number of carbonyl (C=O) groups is 2. The van der Waals surface area contributed by atoms with E-state index in [2.05, 4.69) is 36.3 Å². The molecule has 2 saturated heterocycles. The summed E-state index contributed by atoms with van der Waals surface area (Å²) in [5.74, 6) is -1.78. The van der Waals surface area contributed by atoms with Gasteiger partial charge in [-0.05, 0) is 78.7 Å². The molecule has 0 radical (unpaired) electrons. The molecule has 0 aliphatic carbocycles. The van der Waals surface area contributed by atoms with Crippen molar-refractivity contribution in [3.8, 4) is 0 Å². The lowest BCUT2D eigenvalue weighted by atomic mass is 9.84. The lowest BCUT2D eigenvalue weighted by molar-refractivity contribution is -0.143. The number of carboxylic acid groups (broad SMARTS) is 1. The number of carboxylic acids is 1. The predicted molar refractivity (Wildman–Crippen MR) is 168 cm³/mol. The molecule has 1 aromatic heterocycles. The van der Waals surface area contributed by atoms with Crippen molar-refractivity contribution in [1.82, 2.24) is 14.7 Å². The third-order valence-electron chi connectivity index (χ3n) is 9.09. The van der Waals surface area contributed by atoms with E-state index in [1.165, 1.54) is 18.2 Å². The van der Waals surface area contributed by atoms with Gasteiger partial charge in [-0.3, -0.25) is 5.41 Å². The number of hydrogen-bond donors (Lipinski definition) is 2. The van der Waals surface area contributed by atoms with E-state index in [1.54, 1.807) is 12.2 Å². The molecule has 0 spiro atoms. The van der Waals surface area contributed by atoms with Crippen LogP contribution in [0.4, 0.5) is 18.0 Å². The van der Waals surface area contributed by atoms with Crippen LogP contribution in [-0.4, -0.2) is 56.9 Å². The maximum absolute atomic E-state index is 13.5. The first kappa shape index (κ1) is 33.2. The number of fused-ring (bicyclic) bond motifs is 2. The van der Waals surface area contributed by atoms with Gasteiger partial charge < -0.3 is 14.7 Å². The van der Waals surface area contributed by atoms with Crippen molar-refractivity contribution in [2.75, 3.05) is 7.11 Å². The molecule has 8 nitrogen and oxygen atoms in total. The first-order chi connectivity index (χ1) is 21.9. The molecule has 2 N–H and O–H groups in total. The highest BCUT2D eigenvalue weighted by Crippen LogP contribution is 2.43. The Bertz CT molecular complexity index is 1620. The molecule has 2 aromatic carbocycles. The van der Waals surface area contributed by atoms with Crippen molar-refractivity contribution >= 4 is 29.5 Å². The van der Waals surface area contributed by atoms with E-state index in [0.717, 1.165) is 43.2 Å². The number of nitrogens with one attached hydrogen (secondary N) is 1. The van der Waals surface area contributed by atoms with Crippen molar-refractivity contribution in [2.24, 2.45) is 0 Å². The molecule has 2 fully saturated rings. The molecule has 3 aromatic rings. The topological polar surface area (TPSA) is 109 Å². The smallest absolute Gasteiger partial charge is 0.434 e. The molecule has 46 heavy (non-hydrogen) atoms. The Morgan fingerprint density at radius 1 is 1.13 bits per heavy atom. The van der Waals surface area contributed by atoms with Gasteiger partial charge in [0.25, 0.3) is 0 Å². The molecular formula is C34H36ClF3N4O4. The van der Waals surface area contributed by atoms with E-state index in [4.69, 9.17) is 26.9 Å². The molecule has 5 rings (SSSR count). The molecule has 3 atom stereocenters. The predicted octanol–water partition coefficient (Wildman–Crippen LogP) is 8.09. The van der Waals surface area contributed by atoms with E-state index < -0.39 is 29.2 Å². The molecule has 0 saturated carbocycles. The number of aromatic nitrogens is 2. The van der Waals surface area contributed by atoms with E-state index in [9.17, 15) is 22.8 Å². The van der Waals surface area contributed by atoms with Crippen LogP contribution in [-0.2, 0) is 23.8 Å². The minimum atomic E-state index is -4.98. The summed E-state index contributed by atoms with van der Waals surface area (Å²) >= 11 is 6.67. The van der Waals surface area contributed by atoms with E-state index >= 15 is 0 Å². The Hall–Kier alpha value is -4.12. The molecule has 244 valence electrons. The van der Waals surface area contributed by atoms with Gasteiger partial charge in [0.2, 0.25) is 0 Å². The van der Waals surface area contributed by atoms with Gasteiger partial charge in [0.1, 0.15) is 11.4 Å². The summed E-state index contributed by atoms with van der Waals surface area (Å²) in [4.78, 5) is 25.4. The van der Waals surface area contributed by atoms with Crippen LogP contribution in [0, 0.1) is 5.41 Å². The second-order valence-corrected chi connectivity index (χ2v) is 12.4. The fourth-order valence-corrected chi connectivity index (χ4v) is 7.40. The number of hydrogen-bond acceptors (Lipinski definition) is 5. The van der Waals surface area contributed by atoms with Gasteiger partial charge in [-0.25, -0.2) is 14.3 Å². The van der Waals surface area contributed by atoms with Crippen LogP contribution in [0.5, 0.6) is 0 Å². The number of nitrogens with zero attached hydrogens (tertiary/aromatic N) is 3. The molecule has 1 amide bonds. The largest absolute Gasteiger partial charge is 0.478 e. The summed E-state index contributed by atoms with van der Waals surface area (Å²) in [6.45, 7) is 2.11. The van der Waals surface area contributed by atoms with Crippen molar-refractivity contribution in [2.45, 2.75) is 82.0 Å². The van der Waals surface area contributed by atoms with Gasteiger partial charge in [-0.15, -0.1) is 0 Å². The summed E-state index contributed by atoms with van der Waals surface area (Å²) < 4.78 is 45.8. The molecule has 3 heterocycles. The molecule has 2 aliphatic rings. The first-order valence-corrected chi connectivity index (χ1v) is 15.6. The second-order valence-electron chi connectivity index (χ2n) is 12.0. The van der Waals surface area contributed by atoms with Crippen LogP contribution in [0.1, 0.15) is 89.2 Å². The van der Waals surface area contributed by atoms with Crippen LogP contribution in [0.15, 0.2) is 60.8 Å². The summed E-state index contributed by atoms with van der Waals surface area (Å²) in [5.41, 5.74) is 1.92. The van der Waals surface area contributed by atoms with Crippen LogP contribution in [0.25, 0.3) is 0 Å². The van der Waals surface area contributed by atoms with E-state index in [1.807, 2.05) is 23.1 Å². The third kappa shape index (κ3) is 6.99. The number of amides is 1. The molecule has 3 unspecified atom stereocenters. The average Bonchev–Trinajstić information content (AvgIpc) is 3.59. The number of halogens is 4. The van der Waals surface area contributed by atoms with Gasteiger partial charge in [0.05, 0.1) is 13.3 Å². The van der Waals surface area contributed by atoms with Crippen LogP contribution < -0.4 is 0 Å². The molecule has 2 bridgehead atoms. The standard InChI is InChI=1S/C34H36ClF3N4O4/c1-20(16-21-10-12-22(13-11-21)24-17-25-14-15-26(18-24)41(25)33(45)46-2)30-23(7-5-8-28(30)35)6-3-4-9-29(39)42-31(34(36,37)38)27(19-40-42)32(43)44/h3-5,7-8,10-13,19-20,24-26,39H,6,9,14-18H2,1-2H3,(H,43,44). The zero-order valence-corrected chi connectivity index (χ0v) is 26.3. The summed E-state index contributed by atoms with van der Waals surface area (Å²) in [6, 6.07) is 14.8. The van der Waals surface area contributed by atoms with Gasteiger partial charge in [0, 0.05) is 23.5 Å². The Labute approximate surface area is 270 Å². The monoisotopic (exact) mass is 656 g/mol. The van der Waals surface area contributed by atoms with E-state index in [-0.39, 0.29) is 30.5 Å². The Balaban J connectivity index is 1.22. The molecular weight excluding hydrogens is 621 g/mol. The van der Waals surface area contributed by atoms with Gasteiger partial charge in [-0.2, -0.15) is 18.3 Å². The SMILES string of the molecule is COC(=O)N1C2CCC1CC(c1ccc(CC(C)c3c(Cl)cccc3CC=CCC(=N)n3ncc(C(=O)O)c3C(F)(F)F)cc1)C2. The summed E-state index contributed by atoms with van der Waals surface area (Å²) in [7, 11) is 1.44. The number of allylic oxidation sites excluding steroid dienone is 2. The zero-order chi connectivity index (χ0) is 33.2. The maximum Gasteiger partial charge on any atom is 0.434 e. The van der Waals surface area contributed by atoms with Crippen LogP contribution in [0.3, 0.4) is 0 Å². The number of alkyl halides is 3. The Kier molecular flexibility index (Phi) is 9.91. The highest BCUT2D eigenvalue weighted by molar-refractivity contribution is 6.31. The fourth-order valence-electron chi connectivity index (χ4n) is 7.02. The Morgan fingerprint density at radius 3 is 2.41 bits per heavy atom. The number of carbonyl (C=O) groups excluding carboxylic acids is 1. The number of methoxy groups -OCH3 is 1. The maximum atomic E-state index is 13.5. The average molecular weight is 657 g/mol. The minimum Gasteiger partial charge on any atom is -0.478 e. The van der Waals surface area contributed by atoms with Crippen molar-refractivity contribution in [3.63, 3.8) is 0 Å². The lowest BCUT2D eigenvalue weighted by Gasteiger charge is -2.38. The highest BCUT2D eigenvalue weighted by atomic mass is 35.5. The number of rotatable bonds is 9. The third-order valence-corrected chi connectivity index (χ3v) is 9.42. The molecule has 12 heteroatoms. The fraction of sp³-hybridized carbons (Fsp3) is 0.412. The zero-order valence-electron chi connectivity index (χ0n) is 25.6. The summed E-state index contributed by atoms with van der Waals surface area (Å²) in [5, 5.41) is 21.3. The first-order valence-electron chi connectivity index (χ1n) is 15.2. The normalized spacial score (nSPS) is 20.2.